The number of hydrogen-bond acceptors (Lipinski definition) is 7. The molecule has 3 saturated carbocycles. The van der Waals surface area contributed by atoms with Gasteiger partial charge < -0.3 is 20.0 Å². The Morgan fingerprint density at radius 1 is 1.05 bits per heavy atom. The van der Waals surface area contributed by atoms with E-state index in [1.165, 1.54) is 24.8 Å². The van der Waals surface area contributed by atoms with Crippen molar-refractivity contribution in [3.8, 4) is 5.75 Å². The number of rotatable bonds is 9. The highest BCUT2D eigenvalue weighted by Crippen LogP contribution is 2.66. The Bertz CT molecular complexity index is 1250. The minimum absolute atomic E-state index is 0.132. The Balaban J connectivity index is 1.19. The van der Waals surface area contributed by atoms with Gasteiger partial charge in [-0.15, -0.1) is 0 Å². The van der Waals surface area contributed by atoms with Gasteiger partial charge in [-0.25, -0.2) is 4.79 Å². The van der Waals surface area contributed by atoms with Gasteiger partial charge in [0.1, 0.15) is 17.6 Å². The third kappa shape index (κ3) is 5.86. The first-order chi connectivity index (χ1) is 20.0. The van der Waals surface area contributed by atoms with E-state index < -0.39 is 17.9 Å². The first-order valence-corrected chi connectivity index (χ1v) is 15.7. The molecule has 0 saturated heterocycles. The normalized spacial score (nSPS) is 33.4. The van der Waals surface area contributed by atoms with Crippen molar-refractivity contribution < 1.29 is 29.1 Å². The maximum atomic E-state index is 12.7. The van der Waals surface area contributed by atoms with Crippen molar-refractivity contribution in [1.82, 2.24) is 5.32 Å². The summed E-state index contributed by atoms with van der Waals surface area (Å²) in [6.07, 6.45) is 11.0. The van der Waals surface area contributed by atoms with Crippen LogP contribution in [0.15, 0.2) is 41.1 Å². The number of aromatic hydroxyl groups is 1. The highest BCUT2D eigenvalue weighted by Gasteiger charge is 2.59. The molecule has 1 amide bonds. The van der Waals surface area contributed by atoms with Gasteiger partial charge in [0.15, 0.2) is 6.61 Å². The van der Waals surface area contributed by atoms with Gasteiger partial charge in [0.05, 0.1) is 12.3 Å². The number of carbonyl (C=O) groups is 3. The van der Waals surface area contributed by atoms with Gasteiger partial charge in [-0.1, -0.05) is 36.7 Å². The van der Waals surface area contributed by atoms with Gasteiger partial charge in [0.25, 0.3) is 5.91 Å². The lowest BCUT2D eigenvalue weighted by Crippen LogP contribution is -2.51. The average molecular weight is 579 g/mol. The molecule has 0 bridgehead atoms. The Hall–Kier alpha value is -3.16. The van der Waals surface area contributed by atoms with Gasteiger partial charge >= 0.3 is 5.97 Å². The smallest absolute Gasteiger partial charge is 0.328 e. The molecule has 42 heavy (non-hydrogen) atoms. The molecule has 4 aliphatic carbocycles. The van der Waals surface area contributed by atoms with Crippen molar-refractivity contribution in [3.63, 3.8) is 0 Å². The van der Waals surface area contributed by atoms with Gasteiger partial charge in [0, 0.05) is 12.3 Å². The molecule has 0 spiro atoms. The SMILES string of the molecule is CCOC(=O)[C@H](Cc1ccc(O)cc1)NC(=O)CO/N=C1\C=C2CC[C@H]3[C@@H](CC[C@]4(C)[C@H](C(C)=O)CC[C@@H]34)[C@@]2(C)CC1. The number of hydrogen-bond donors (Lipinski definition) is 2. The molecule has 5 rings (SSSR count). The molecule has 0 unspecified atom stereocenters. The quantitative estimate of drug-likeness (QED) is 0.295. The van der Waals surface area contributed by atoms with Crippen LogP contribution >= 0.6 is 0 Å². The molecule has 7 atom stereocenters. The van der Waals surface area contributed by atoms with Crippen LogP contribution in [0.25, 0.3) is 0 Å². The number of benzene rings is 1. The lowest BCUT2D eigenvalue weighted by Gasteiger charge is -2.58. The van der Waals surface area contributed by atoms with E-state index in [-0.39, 0.29) is 42.1 Å². The highest BCUT2D eigenvalue weighted by atomic mass is 16.6. The number of ether oxygens (including phenoxy) is 1. The second-order valence-corrected chi connectivity index (χ2v) is 13.4. The Morgan fingerprint density at radius 2 is 1.81 bits per heavy atom. The molecule has 2 N–H and O–H groups in total. The van der Waals surface area contributed by atoms with Crippen LogP contribution in [0.5, 0.6) is 5.75 Å². The fourth-order valence-electron chi connectivity index (χ4n) is 9.02. The number of amides is 1. The third-order valence-corrected chi connectivity index (χ3v) is 11.1. The molecule has 1 aromatic carbocycles. The number of phenols is 1. The van der Waals surface area contributed by atoms with Gasteiger partial charge in [-0.3, -0.25) is 9.59 Å². The molecular weight excluding hydrogens is 532 g/mol. The van der Waals surface area contributed by atoms with Crippen LogP contribution in [0.4, 0.5) is 0 Å². The van der Waals surface area contributed by atoms with E-state index in [0.29, 0.717) is 23.5 Å². The standard InChI is InChI=1S/C34H46N2O6/c1-5-41-32(40)30(18-22-6-9-25(38)10-7-22)35-31(39)20-42-36-24-14-16-33(3)23(19-24)8-11-26-28-13-12-27(21(2)37)34(28,4)17-15-29(26)33/h6-7,9-10,19,26-30,38H,5,8,11-18,20H2,1-4H3,(H,35,39)/b36-24-/t26-,27+,28+,29-,30+,33+,34-/m1/s1. The van der Waals surface area contributed by atoms with Crippen LogP contribution in [0.2, 0.25) is 0 Å². The molecule has 3 fully saturated rings. The largest absolute Gasteiger partial charge is 0.508 e. The second-order valence-electron chi connectivity index (χ2n) is 13.4. The van der Waals surface area contributed by atoms with Crippen molar-refractivity contribution in [3.05, 3.63) is 41.5 Å². The lowest BCUT2D eigenvalue weighted by atomic mass is 9.46. The van der Waals surface area contributed by atoms with Crippen molar-refractivity contribution in [1.29, 1.82) is 0 Å². The van der Waals surface area contributed by atoms with Crippen LogP contribution in [0.1, 0.15) is 84.6 Å². The fourth-order valence-corrected chi connectivity index (χ4v) is 9.02. The summed E-state index contributed by atoms with van der Waals surface area (Å²) in [6.45, 7) is 8.25. The van der Waals surface area contributed by atoms with Crippen LogP contribution in [-0.4, -0.2) is 47.7 Å². The van der Waals surface area contributed by atoms with E-state index in [9.17, 15) is 19.5 Å². The predicted octanol–water partition coefficient (Wildman–Crippen LogP) is 5.52. The van der Waals surface area contributed by atoms with E-state index in [0.717, 1.165) is 43.4 Å². The molecule has 0 radical (unpaired) electrons. The zero-order valence-electron chi connectivity index (χ0n) is 25.5. The summed E-state index contributed by atoms with van der Waals surface area (Å²) in [5, 5.41) is 16.6. The molecule has 8 nitrogen and oxygen atoms in total. The molecule has 8 heteroatoms. The number of nitrogens with one attached hydrogen (secondary N) is 1. The van der Waals surface area contributed by atoms with E-state index >= 15 is 0 Å². The van der Waals surface area contributed by atoms with E-state index in [1.807, 2.05) is 0 Å². The number of carbonyl (C=O) groups excluding carboxylic acids is 3. The van der Waals surface area contributed by atoms with Gasteiger partial charge in [0.2, 0.25) is 0 Å². The summed E-state index contributed by atoms with van der Waals surface area (Å²) in [5.41, 5.74) is 3.40. The second kappa shape index (κ2) is 12.2. The number of phenolic OH excluding ortho intramolecular Hbond substituents is 1. The van der Waals surface area contributed by atoms with E-state index in [1.54, 1.807) is 38.1 Å². The minimum Gasteiger partial charge on any atom is -0.508 e. The molecule has 0 heterocycles. The summed E-state index contributed by atoms with van der Waals surface area (Å²) in [5.74, 6) is 1.74. The van der Waals surface area contributed by atoms with Gasteiger partial charge in [-0.05, 0) is 118 Å². The summed E-state index contributed by atoms with van der Waals surface area (Å²) in [7, 11) is 0. The summed E-state index contributed by atoms with van der Waals surface area (Å²) in [4.78, 5) is 43.1. The van der Waals surface area contributed by atoms with Crippen molar-refractivity contribution in [2.75, 3.05) is 13.2 Å². The number of esters is 1. The van der Waals surface area contributed by atoms with Gasteiger partial charge in [-0.2, -0.15) is 0 Å². The maximum absolute atomic E-state index is 12.7. The maximum Gasteiger partial charge on any atom is 0.328 e. The van der Waals surface area contributed by atoms with Crippen LogP contribution in [0, 0.1) is 34.5 Å². The average Bonchev–Trinajstić information content (AvgIpc) is 3.31. The molecule has 4 aliphatic rings. The number of fused-ring (bicyclic) bond motifs is 5. The Kier molecular flexibility index (Phi) is 8.81. The zero-order chi connectivity index (χ0) is 30.1. The number of oxime groups is 1. The fraction of sp³-hybridized carbons (Fsp3) is 0.647. The lowest BCUT2D eigenvalue weighted by molar-refractivity contribution is -0.147. The Labute approximate surface area is 249 Å². The first kappa shape index (κ1) is 30.3. The summed E-state index contributed by atoms with van der Waals surface area (Å²) < 4.78 is 5.15. The third-order valence-electron chi connectivity index (χ3n) is 11.1. The monoisotopic (exact) mass is 578 g/mol. The topological polar surface area (TPSA) is 114 Å². The highest BCUT2D eigenvalue weighted by molar-refractivity contribution is 5.96. The molecule has 0 aromatic heterocycles. The number of ketones is 1. The minimum atomic E-state index is -0.867. The number of Topliss-reactive ketones (excluding diaryl/α,β-unsaturated/α-hetero) is 1. The van der Waals surface area contributed by atoms with E-state index in [4.69, 9.17) is 9.57 Å². The van der Waals surface area contributed by atoms with Crippen LogP contribution in [0.3, 0.4) is 0 Å². The number of nitrogens with zero attached hydrogens (tertiary/aromatic N) is 1. The van der Waals surface area contributed by atoms with E-state index in [2.05, 4.69) is 30.4 Å². The van der Waals surface area contributed by atoms with Crippen molar-refractivity contribution in [2.45, 2.75) is 91.5 Å². The molecular formula is C34H46N2O6. The molecule has 228 valence electrons. The number of allylic oxidation sites excluding steroid dienone is 2. The predicted molar refractivity (Wildman–Crippen MR) is 160 cm³/mol. The summed E-state index contributed by atoms with van der Waals surface area (Å²) >= 11 is 0. The zero-order valence-corrected chi connectivity index (χ0v) is 25.5. The first-order valence-electron chi connectivity index (χ1n) is 15.7. The van der Waals surface area contributed by atoms with Crippen LogP contribution < -0.4 is 5.32 Å². The summed E-state index contributed by atoms with van der Waals surface area (Å²) in [6, 6.07) is 5.62. The van der Waals surface area contributed by atoms with Crippen molar-refractivity contribution >= 4 is 23.4 Å². The molecule has 1 aromatic rings. The van der Waals surface area contributed by atoms with Crippen LogP contribution in [-0.2, 0) is 30.4 Å². The van der Waals surface area contributed by atoms with Crippen molar-refractivity contribution in [2.24, 2.45) is 39.7 Å². The Morgan fingerprint density at radius 3 is 2.52 bits per heavy atom. The molecule has 0 aliphatic heterocycles.